The van der Waals surface area contributed by atoms with Crippen molar-refractivity contribution in [2.24, 2.45) is 0 Å². The van der Waals surface area contributed by atoms with Crippen molar-refractivity contribution in [1.82, 2.24) is 10.2 Å². The molecule has 0 saturated heterocycles. The fourth-order valence-corrected chi connectivity index (χ4v) is 3.40. The second-order valence-corrected chi connectivity index (χ2v) is 6.94. The van der Waals surface area contributed by atoms with Gasteiger partial charge in [-0.15, -0.1) is 0 Å². The maximum absolute atomic E-state index is 12.5. The highest BCUT2D eigenvalue weighted by Crippen LogP contribution is 2.32. The molecule has 24 heavy (non-hydrogen) atoms. The predicted octanol–water partition coefficient (Wildman–Crippen LogP) is 2.49. The van der Waals surface area contributed by atoms with Gasteiger partial charge in [-0.25, -0.2) is 4.79 Å². The number of urea groups is 1. The van der Waals surface area contributed by atoms with E-state index in [9.17, 15) is 15.0 Å². The Morgan fingerprint density at radius 1 is 1.21 bits per heavy atom. The number of hydrogen-bond acceptors (Lipinski definition) is 3. The van der Waals surface area contributed by atoms with Gasteiger partial charge in [-0.2, -0.15) is 0 Å². The molecule has 1 aromatic carbocycles. The summed E-state index contributed by atoms with van der Waals surface area (Å²) in [5, 5.41) is 22.0. The van der Waals surface area contributed by atoms with Gasteiger partial charge < -0.3 is 20.4 Å². The molecule has 5 nitrogen and oxygen atoms in total. The van der Waals surface area contributed by atoms with Crippen LogP contribution < -0.4 is 5.32 Å². The summed E-state index contributed by atoms with van der Waals surface area (Å²) in [6.07, 6.45) is 3.45. The summed E-state index contributed by atoms with van der Waals surface area (Å²) in [7, 11) is 0. The lowest BCUT2D eigenvalue weighted by molar-refractivity contribution is 0.0914. The zero-order chi connectivity index (χ0) is 17.5. The maximum atomic E-state index is 12.5. The minimum atomic E-state index is -0.612. The van der Waals surface area contributed by atoms with Crippen molar-refractivity contribution in [3.63, 3.8) is 0 Å². The van der Waals surface area contributed by atoms with E-state index in [4.69, 9.17) is 0 Å². The third kappa shape index (κ3) is 5.21. The highest BCUT2D eigenvalue weighted by atomic mass is 16.3. The first kappa shape index (κ1) is 18.7. The Morgan fingerprint density at radius 2 is 1.83 bits per heavy atom. The second-order valence-electron chi connectivity index (χ2n) is 6.94. The molecular formula is C19H30N2O3. The SMILES string of the molecule is CC(O)CN(C(=O)NC1CCC(c2ccccc2)CC1)C(C)CO. The molecule has 1 aliphatic carbocycles. The Bertz CT molecular complexity index is 499. The van der Waals surface area contributed by atoms with Crippen LogP contribution in [0.2, 0.25) is 0 Å². The number of benzene rings is 1. The highest BCUT2D eigenvalue weighted by Gasteiger charge is 2.27. The lowest BCUT2D eigenvalue weighted by atomic mass is 9.82. The van der Waals surface area contributed by atoms with Crippen molar-refractivity contribution in [2.75, 3.05) is 13.2 Å². The number of rotatable bonds is 6. The molecule has 0 heterocycles. The van der Waals surface area contributed by atoms with Gasteiger partial charge in [0.05, 0.1) is 18.8 Å². The molecule has 0 bridgehead atoms. The second kappa shape index (κ2) is 9.04. The Balaban J connectivity index is 1.86. The lowest BCUT2D eigenvalue weighted by Gasteiger charge is -2.34. The first-order valence-electron chi connectivity index (χ1n) is 8.92. The molecule has 0 radical (unpaired) electrons. The molecule has 2 unspecified atom stereocenters. The summed E-state index contributed by atoms with van der Waals surface area (Å²) in [6, 6.07) is 10.2. The lowest BCUT2D eigenvalue weighted by Crippen LogP contribution is -2.52. The molecule has 0 aliphatic heterocycles. The quantitative estimate of drug-likeness (QED) is 0.748. The van der Waals surface area contributed by atoms with Crippen molar-refractivity contribution < 1.29 is 15.0 Å². The third-order valence-corrected chi connectivity index (χ3v) is 4.84. The Morgan fingerprint density at radius 3 is 2.38 bits per heavy atom. The molecular weight excluding hydrogens is 304 g/mol. The summed E-state index contributed by atoms with van der Waals surface area (Å²) < 4.78 is 0. The van der Waals surface area contributed by atoms with Crippen LogP contribution in [0, 0.1) is 0 Å². The maximum Gasteiger partial charge on any atom is 0.318 e. The minimum Gasteiger partial charge on any atom is -0.394 e. The molecule has 2 atom stereocenters. The third-order valence-electron chi connectivity index (χ3n) is 4.84. The van der Waals surface area contributed by atoms with Crippen molar-refractivity contribution in [2.45, 2.75) is 63.6 Å². The molecule has 1 fully saturated rings. The van der Waals surface area contributed by atoms with Crippen LogP contribution >= 0.6 is 0 Å². The van der Waals surface area contributed by atoms with E-state index in [0.29, 0.717) is 5.92 Å². The minimum absolute atomic E-state index is 0.110. The van der Waals surface area contributed by atoms with Crippen molar-refractivity contribution in [3.05, 3.63) is 35.9 Å². The molecule has 3 N–H and O–H groups in total. The van der Waals surface area contributed by atoms with Crippen molar-refractivity contribution >= 4 is 6.03 Å². The molecule has 1 aliphatic rings. The highest BCUT2D eigenvalue weighted by molar-refractivity contribution is 5.75. The number of aliphatic hydroxyl groups is 2. The van der Waals surface area contributed by atoms with Gasteiger partial charge in [-0.05, 0) is 51.0 Å². The zero-order valence-corrected chi connectivity index (χ0v) is 14.7. The average Bonchev–Trinajstić information content (AvgIpc) is 2.60. The van der Waals surface area contributed by atoms with Gasteiger partial charge in [0.1, 0.15) is 0 Å². The number of hydrogen-bond donors (Lipinski definition) is 3. The van der Waals surface area contributed by atoms with Crippen LogP contribution in [-0.2, 0) is 0 Å². The number of aliphatic hydroxyl groups excluding tert-OH is 2. The van der Waals surface area contributed by atoms with E-state index >= 15 is 0 Å². The van der Waals surface area contributed by atoms with E-state index < -0.39 is 6.10 Å². The van der Waals surface area contributed by atoms with Crippen LogP contribution in [0.5, 0.6) is 0 Å². The fraction of sp³-hybridized carbons (Fsp3) is 0.632. The summed E-state index contributed by atoms with van der Waals surface area (Å²) in [5.41, 5.74) is 1.38. The van der Waals surface area contributed by atoms with E-state index in [1.807, 2.05) is 6.07 Å². The van der Waals surface area contributed by atoms with E-state index in [0.717, 1.165) is 25.7 Å². The standard InChI is InChI=1S/C19H30N2O3/c1-14(13-22)21(12-15(2)23)19(24)20-18-10-8-17(9-11-18)16-6-4-3-5-7-16/h3-7,14-15,17-18,22-23H,8-13H2,1-2H3,(H,20,24). The van der Waals surface area contributed by atoms with Crippen molar-refractivity contribution in [1.29, 1.82) is 0 Å². The van der Waals surface area contributed by atoms with Crippen molar-refractivity contribution in [3.8, 4) is 0 Å². The number of carbonyl (C=O) groups is 1. The van der Waals surface area contributed by atoms with Gasteiger partial charge in [0.2, 0.25) is 0 Å². The van der Waals surface area contributed by atoms with Crippen LogP contribution in [-0.4, -0.2) is 52.5 Å². The number of nitrogens with zero attached hydrogens (tertiary/aromatic N) is 1. The number of carbonyl (C=O) groups excluding carboxylic acids is 1. The fourth-order valence-electron chi connectivity index (χ4n) is 3.40. The average molecular weight is 334 g/mol. The topological polar surface area (TPSA) is 72.8 Å². The van der Waals surface area contributed by atoms with Gasteiger partial charge in [-0.1, -0.05) is 30.3 Å². The van der Waals surface area contributed by atoms with Crippen LogP contribution in [0.3, 0.4) is 0 Å². The summed E-state index contributed by atoms with van der Waals surface area (Å²) in [6.45, 7) is 3.55. The van der Waals surface area contributed by atoms with Gasteiger partial charge in [0.15, 0.2) is 0 Å². The Hall–Kier alpha value is -1.59. The van der Waals surface area contributed by atoms with Gasteiger partial charge in [-0.3, -0.25) is 0 Å². The summed E-state index contributed by atoms with van der Waals surface area (Å²) in [4.78, 5) is 14.0. The smallest absolute Gasteiger partial charge is 0.318 e. The van der Waals surface area contributed by atoms with Crippen LogP contribution in [0.1, 0.15) is 51.0 Å². The van der Waals surface area contributed by atoms with Crippen LogP contribution in [0.25, 0.3) is 0 Å². The van der Waals surface area contributed by atoms with E-state index in [1.54, 1.807) is 13.8 Å². The molecule has 5 heteroatoms. The number of amides is 2. The zero-order valence-electron chi connectivity index (χ0n) is 14.7. The molecule has 1 saturated carbocycles. The first-order valence-corrected chi connectivity index (χ1v) is 8.92. The molecule has 134 valence electrons. The Kier molecular flexibility index (Phi) is 7.06. The normalized spacial score (nSPS) is 23.3. The van der Waals surface area contributed by atoms with Gasteiger partial charge in [0, 0.05) is 12.6 Å². The first-order chi connectivity index (χ1) is 11.5. The molecule has 0 spiro atoms. The molecule has 2 amide bonds. The largest absolute Gasteiger partial charge is 0.394 e. The van der Waals surface area contributed by atoms with Crippen LogP contribution in [0.4, 0.5) is 4.79 Å². The monoisotopic (exact) mass is 334 g/mol. The van der Waals surface area contributed by atoms with E-state index in [-0.39, 0.29) is 31.3 Å². The molecule has 1 aromatic rings. The Labute approximate surface area is 144 Å². The summed E-state index contributed by atoms with van der Waals surface area (Å²) in [5.74, 6) is 0.573. The molecule has 2 rings (SSSR count). The molecule has 0 aromatic heterocycles. The van der Waals surface area contributed by atoms with E-state index in [1.165, 1.54) is 10.5 Å². The van der Waals surface area contributed by atoms with Gasteiger partial charge in [0.25, 0.3) is 0 Å². The summed E-state index contributed by atoms with van der Waals surface area (Å²) >= 11 is 0. The van der Waals surface area contributed by atoms with Crippen LogP contribution in [0.15, 0.2) is 30.3 Å². The predicted molar refractivity (Wildman–Crippen MR) is 94.9 cm³/mol. The van der Waals surface area contributed by atoms with E-state index in [2.05, 4.69) is 29.6 Å². The van der Waals surface area contributed by atoms with Gasteiger partial charge >= 0.3 is 6.03 Å². The number of nitrogens with one attached hydrogen (secondary N) is 1.